The molecule has 27 heavy (non-hydrogen) atoms. The topological polar surface area (TPSA) is 73.1 Å². The fraction of sp³-hybridized carbons (Fsp3) is 0.278. The summed E-state index contributed by atoms with van der Waals surface area (Å²) in [5.74, 6) is -0.582. The monoisotopic (exact) mass is 379 g/mol. The van der Waals surface area contributed by atoms with E-state index in [2.05, 4.69) is 5.32 Å². The van der Waals surface area contributed by atoms with Gasteiger partial charge in [0.05, 0.1) is 11.3 Å². The second kappa shape index (κ2) is 6.57. The zero-order chi connectivity index (χ0) is 19.9. The third-order valence-electron chi connectivity index (χ3n) is 4.24. The maximum atomic E-state index is 12.9. The summed E-state index contributed by atoms with van der Waals surface area (Å²) in [7, 11) is 1.28. The van der Waals surface area contributed by atoms with Crippen LogP contribution in [0.25, 0.3) is 6.08 Å². The molecule has 0 spiro atoms. The number of hydrogen-bond acceptors (Lipinski definition) is 4. The molecule has 1 aromatic carbocycles. The lowest BCUT2D eigenvalue weighted by Gasteiger charge is -2.11. The summed E-state index contributed by atoms with van der Waals surface area (Å²) in [5, 5.41) is 2.73. The molecule has 0 atom stereocenters. The molecule has 1 N–H and O–H groups in total. The van der Waals surface area contributed by atoms with Crippen LogP contribution in [0.3, 0.4) is 0 Å². The summed E-state index contributed by atoms with van der Waals surface area (Å²) in [4.78, 5) is 37.3. The third kappa shape index (κ3) is 3.20. The summed E-state index contributed by atoms with van der Waals surface area (Å²) in [5.41, 5.74) is -2.26. The Morgan fingerprint density at radius 1 is 1.19 bits per heavy atom. The number of nitrogens with zero attached hydrogens (tertiary/aromatic N) is 2. The second-order valence-electron chi connectivity index (χ2n) is 6.16. The molecule has 2 heterocycles. The number of allylic oxidation sites excluding steroid dienone is 1. The van der Waals surface area contributed by atoms with E-state index in [1.54, 1.807) is 0 Å². The van der Waals surface area contributed by atoms with E-state index in [0.717, 1.165) is 16.7 Å². The molecule has 0 saturated carbocycles. The molecule has 0 saturated heterocycles. The molecule has 3 rings (SSSR count). The van der Waals surface area contributed by atoms with Crippen molar-refractivity contribution in [2.24, 2.45) is 7.05 Å². The summed E-state index contributed by atoms with van der Waals surface area (Å²) in [6, 6.07) is 4.47. The molecule has 0 unspecified atom stereocenters. The Morgan fingerprint density at radius 2 is 1.89 bits per heavy atom. The van der Waals surface area contributed by atoms with Crippen LogP contribution >= 0.6 is 0 Å². The van der Waals surface area contributed by atoms with Crippen molar-refractivity contribution in [1.82, 2.24) is 9.13 Å². The smallest absolute Gasteiger partial charge is 0.338 e. The zero-order valence-electron chi connectivity index (χ0n) is 14.6. The molecule has 142 valence electrons. The fourth-order valence-corrected chi connectivity index (χ4v) is 2.93. The largest absolute Gasteiger partial charge is 0.416 e. The van der Waals surface area contributed by atoms with Gasteiger partial charge in [-0.15, -0.1) is 0 Å². The average Bonchev–Trinajstić information content (AvgIpc) is 2.93. The molecule has 0 bridgehead atoms. The first-order valence-corrected chi connectivity index (χ1v) is 8.19. The van der Waals surface area contributed by atoms with Gasteiger partial charge >= 0.3 is 11.9 Å². The third-order valence-corrected chi connectivity index (χ3v) is 4.24. The van der Waals surface area contributed by atoms with Crippen molar-refractivity contribution in [2.75, 3.05) is 5.32 Å². The number of carbonyl (C=O) groups excluding carboxylic acids is 1. The number of rotatable bonds is 3. The minimum Gasteiger partial charge on any atom is -0.338 e. The highest BCUT2D eigenvalue weighted by Gasteiger charge is 2.33. The van der Waals surface area contributed by atoms with Crippen LogP contribution in [0.2, 0.25) is 0 Å². The summed E-state index contributed by atoms with van der Waals surface area (Å²) in [6.45, 7) is 2.12. The Bertz CT molecular complexity index is 1080. The van der Waals surface area contributed by atoms with Gasteiger partial charge in [0.25, 0.3) is 5.56 Å². The molecule has 9 heteroatoms. The van der Waals surface area contributed by atoms with Crippen LogP contribution < -0.4 is 16.6 Å². The lowest BCUT2D eigenvalue weighted by Crippen LogP contribution is -2.40. The van der Waals surface area contributed by atoms with Crippen LogP contribution in [0.15, 0.2) is 39.6 Å². The van der Waals surface area contributed by atoms with E-state index in [-0.39, 0.29) is 29.2 Å². The first-order chi connectivity index (χ1) is 12.6. The van der Waals surface area contributed by atoms with Crippen molar-refractivity contribution in [3.63, 3.8) is 0 Å². The van der Waals surface area contributed by atoms with Gasteiger partial charge in [-0.25, -0.2) is 4.79 Å². The van der Waals surface area contributed by atoms with Crippen LogP contribution in [-0.4, -0.2) is 14.9 Å². The van der Waals surface area contributed by atoms with Crippen molar-refractivity contribution in [3.8, 4) is 0 Å². The van der Waals surface area contributed by atoms with E-state index < -0.39 is 28.8 Å². The number of carbonyl (C=O) groups is 1. The molecule has 1 aromatic heterocycles. The van der Waals surface area contributed by atoms with Gasteiger partial charge in [0.1, 0.15) is 11.4 Å². The van der Waals surface area contributed by atoms with Gasteiger partial charge in [-0.1, -0.05) is 19.1 Å². The predicted molar refractivity (Wildman–Crippen MR) is 93.6 cm³/mol. The van der Waals surface area contributed by atoms with Crippen molar-refractivity contribution in [3.05, 3.63) is 67.5 Å². The highest BCUT2D eigenvalue weighted by atomic mass is 19.4. The van der Waals surface area contributed by atoms with Gasteiger partial charge in [-0.05, 0) is 30.2 Å². The molecular weight excluding hydrogens is 363 g/mol. The van der Waals surface area contributed by atoms with Crippen molar-refractivity contribution < 1.29 is 18.0 Å². The Morgan fingerprint density at radius 3 is 2.52 bits per heavy atom. The van der Waals surface area contributed by atoms with Crippen LogP contribution in [0, 0.1) is 0 Å². The number of halogens is 3. The summed E-state index contributed by atoms with van der Waals surface area (Å²) >= 11 is 0. The van der Waals surface area contributed by atoms with Gasteiger partial charge in [0, 0.05) is 13.6 Å². The summed E-state index contributed by atoms with van der Waals surface area (Å²) < 4.78 is 40.7. The van der Waals surface area contributed by atoms with Gasteiger partial charge < -0.3 is 5.32 Å². The number of anilines is 1. The van der Waals surface area contributed by atoms with E-state index in [0.29, 0.717) is 6.42 Å². The SMILES string of the molecule is CCCn1c2c(c(=O)n(C)c1=O)C(=O)/C(=C/c1cccc(C(F)(F)F)c1)N2. The van der Waals surface area contributed by atoms with Gasteiger partial charge in [-0.3, -0.25) is 18.7 Å². The lowest BCUT2D eigenvalue weighted by molar-refractivity contribution is -0.137. The highest BCUT2D eigenvalue weighted by Crippen LogP contribution is 2.31. The number of ketones is 1. The quantitative estimate of drug-likeness (QED) is 0.833. The van der Waals surface area contributed by atoms with Crippen LogP contribution in [0.4, 0.5) is 19.0 Å². The lowest BCUT2D eigenvalue weighted by atomic mass is 10.1. The van der Waals surface area contributed by atoms with Crippen LogP contribution in [0.5, 0.6) is 0 Å². The Kier molecular flexibility index (Phi) is 4.54. The van der Waals surface area contributed by atoms with E-state index in [9.17, 15) is 27.6 Å². The number of aromatic nitrogens is 2. The first kappa shape index (κ1) is 18.7. The Labute approximate surface area is 151 Å². The minimum absolute atomic E-state index is 0.0584. The number of fused-ring (bicyclic) bond motifs is 1. The predicted octanol–water partition coefficient (Wildman–Crippen LogP) is 2.63. The van der Waals surface area contributed by atoms with Crippen LogP contribution in [-0.2, 0) is 19.8 Å². The minimum atomic E-state index is -4.51. The second-order valence-corrected chi connectivity index (χ2v) is 6.16. The number of nitrogens with one attached hydrogen (secondary N) is 1. The molecule has 2 aromatic rings. The molecule has 0 radical (unpaired) electrons. The van der Waals surface area contributed by atoms with Crippen molar-refractivity contribution in [1.29, 1.82) is 0 Å². The van der Waals surface area contributed by atoms with Gasteiger partial charge in [-0.2, -0.15) is 13.2 Å². The van der Waals surface area contributed by atoms with Crippen molar-refractivity contribution in [2.45, 2.75) is 26.1 Å². The fourth-order valence-electron chi connectivity index (χ4n) is 2.93. The Balaban J connectivity index is 2.12. The Hall–Kier alpha value is -3.10. The average molecular weight is 379 g/mol. The number of Topliss-reactive ketones (excluding diaryl/α,β-unsaturated/α-hetero) is 1. The molecule has 0 aliphatic carbocycles. The van der Waals surface area contributed by atoms with Crippen molar-refractivity contribution >= 4 is 17.7 Å². The maximum Gasteiger partial charge on any atom is 0.416 e. The molecular formula is C18H16F3N3O3. The van der Waals surface area contributed by atoms with Gasteiger partial charge in [0.2, 0.25) is 5.78 Å². The van der Waals surface area contributed by atoms with Gasteiger partial charge in [0.15, 0.2) is 0 Å². The normalized spacial score (nSPS) is 15.1. The molecule has 6 nitrogen and oxygen atoms in total. The molecule has 0 fully saturated rings. The summed E-state index contributed by atoms with van der Waals surface area (Å²) in [6.07, 6.45) is -2.69. The highest BCUT2D eigenvalue weighted by molar-refractivity contribution is 6.19. The van der Waals surface area contributed by atoms with E-state index in [1.165, 1.54) is 29.8 Å². The molecule has 0 amide bonds. The molecule has 1 aliphatic heterocycles. The van der Waals surface area contributed by atoms with E-state index >= 15 is 0 Å². The van der Waals surface area contributed by atoms with Crippen LogP contribution in [0.1, 0.15) is 34.8 Å². The standard InChI is InChI=1S/C18H16F3N3O3/c1-3-7-24-15-13(16(26)23(2)17(24)27)14(25)12(22-15)9-10-5-4-6-11(8-10)18(19,20)21/h4-6,8-9,22H,3,7H2,1-2H3/b12-9-. The zero-order valence-corrected chi connectivity index (χ0v) is 14.6. The number of hydrogen-bond donors (Lipinski definition) is 1. The van der Waals surface area contributed by atoms with E-state index in [1.807, 2.05) is 6.92 Å². The van der Waals surface area contributed by atoms with E-state index in [4.69, 9.17) is 0 Å². The number of benzene rings is 1. The first-order valence-electron chi connectivity index (χ1n) is 8.19. The molecule has 1 aliphatic rings. The maximum absolute atomic E-state index is 12.9. The number of alkyl halides is 3.